The zero-order valence-corrected chi connectivity index (χ0v) is 15.2. The van der Waals surface area contributed by atoms with Gasteiger partial charge in [0.25, 0.3) is 0 Å². The van der Waals surface area contributed by atoms with E-state index < -0.39 is 5.54 Å². The zero-order valence-electron chi connectivity index (χ0n) is 15.2. The Kier molecular flexibility index (Phi) is 4.96. The summed E-state index contributed by atoms with van der Waals surface area (Å²) in [5.41, 5.74) is 0.793. The average molecular weight is 356 g/mol. The van der Waals surface area contributed by atoms with Crippen molar-refractivity contribution >= 4 is 11.8 Å². The summed E-state index contributed by atoms with van der Waals surface area (Å²) in [5, 5.41) is 6.36. The lowest BCUT2D eigenvalue weighted by Crippen LogP contribution is -2.67. The van der Waals surface area contributed by atoms with Crippen LogP contribution in [0.25, 0.3) is 0 Å². The van der Waals surface area contributed by atoms with E-state index in [0.717, 1.165) is 32.5 Å². The fourth-order valence-corrected chi connectivity index (χ4v) is 4.56. The van der Waals surface area contributed by atoms with Crippen molar-refractivity contribution in [1.82, 2.24) is 20.4 Å². The second-order valence-corrected chi connectivity index (χ2v) is 7.70. The van der Waals surface area contributed by atoms with Crippen LogP contribution in [0.1, 0.15) is 31.2 Å². The molecule has 1 spiro atoms. The van der Waals surface area contributed by atoms with E-state index in [2.05, 4.69) is 39.8 Å². The molecule has 3 aliphatic heterocycles. The Hall–Kier alpha value is -1.92. The Morgan fingerprint density at radius 3 is 2.62 bits per heavy atom. The SMILES string of the molecule is O=C(C1CCCN1Cc1ccccc1)N1CCC2(CC1)NCCNC2=O. The Balaban J connectivity index is 1.37. The molecule has 6 nitrogen and oxygen atoms in total. The molecule has 2 amide bonds. The maximum Gasteiger partial charge on any atom is 0.240 e. The minimum absolute atomic E-state index is 0.0163. The molecule has 6 heteroatoms. The topological polar surface area (TPSA) is 64.7 Å². The van der Waals surface area contributed by atoms with Crippen LogP contribution in [0.5, 0.6) is 0 Å². The van der Waals surface area contributed by atoms with Crippen LogP contribution < -0.4 is 10.6 Å². The first kappa shape index (κ1) is 17.5. The van der Waals surface area contributed by atoms with E-state index in [1.54, 1.807) is 0 Å². The van der Waals surface area contributed by atoms with E-state index in [1.165, 1.54) is 5.56 Å². The second-order valence-electron chi connectivity index (χ2n) is 7.70. The quantitative estimate of drug-likeness (QED) is 0.838. The number of piperidine rings is 1. The minimum atomic E-state index is -0.464. The molecule has 0 radical (unpaired) electrons. The van der Waals surface area contributed by atoms with Gasteiger partial charge in [-0.05, 0) is 37.8 Å². The van der Waals surface area contributed by atoms with E-state index in [1.807, 2.05) is 11.0 Å². The number of hydrogen-bond acceptors (Lipinski definition) is 4. The number of nitrogens with zero attached hydrogens (tertiary/aromatic N) is 2. The molecule has 1 aromatic rings. The van der Waals surface area contributed by atoms with Gasteiger partial charge in [-0.3, -0.25) is 14.5 Å². The van der Waals surface area contributed by atoms with Crippen molar-refractivity contribution in [3.8, 4) is 0 Å². The Bertz CT molecular complexity index is 655. The van der Waals surface area contributed by atoms with Crippen molar-refractivity contribution < 1.29 is 9.59 Å². The molecule has 4 rings (SSSR count). The third-order valence-corrected chi connectivity index (χ3v) is 6.11. The van der Waals surface area contributed by atoms with Crippen LogP contribution in [0, 0.1) is 0 Å². The lowest BCUT2D eigenvalue weighted by Gasteiger charge is -2.44. The van der Waals surface area contributed by atoms with E-state index in [4.69, 9.17) is 0 Å². The van der Waals surface area contributed by atoms with Crippen molar-refractivity contribution in [1.29, 1.82) is 0 Å². The molecule has 3 fully saturated rings. The molecule has 3 aliphatic rings. The van der Waals surface area contributed by atoms with Crippen LogP contribution in [-0.2, 0) is 16.1 Å². The third-order valence-electron chi connectivity index (χ3n) is 6.11. The summed E-state index contributed by atoms with van der Waals surface area (Å²) >= 11 is 0. The van der Waals surface area contributed by atoms with Gasteiger partial charge in [-0.25, -0.2) is 0 Å². The normalized spacial score (nSPS) is 26.1. The first-order valence-corrected chi connectivity index (χ1v) is 9.78. The fourth-order valence-electron chi connectivity index (χ4n) is 4.56. The maximum absolute atomic E-state index is 13.1. The van der Waals surface area contributed by atoms with Crippen molar-refractivity contribution in [2.24, 2.45) is 0 Å². The van der Waals surface area contributed by atoms with E-state index in [9.17, 15) is 9.59 Å². The zero-order chi connectivity index (χ0) is 18.0. The summed E-state index contributed by atoms with van der Waals surface area (Å²) in [7, 11) is 0. The molecular formula is C20H28N4O2. The smallest absolute Gasteiger partial charge is 0.240 e. The number of rotatable bonds is 3. The van der Waals surface area contributed by atoms with Gasteiger partial charge in [0.15, 0.2) is 0 Å². The number of likely N-dealkylation sites (tertiary alicyclic amines) is 2. The van der Waals surface area contributed by atoms with Gasteiger partial charge in [-0.2, -0.15) is 0 Å². The van der Waals surface area contributed by atoms with Gasteiger partial charge in [0, 0.05) is 32.7 Å². The molecule has 1 unspecified atom stereocenters. The molecule has 140 valence electrons. The predicted molar refractivity (Wildman–Crippen MR) is 99.4 cm³/mol. The van der Waals surface area contributed by atoms with Crippen molar-refractivity contribution in [2.45, 2.75) is 43.8 Å². The van der Waals surface area contributed by atoms with Gasteiger partial charge in [0.1, 0.15) is 5.54 Å². The lowest BCUT2D eigenvalue weighted by molar-refractivity contribution is -0.141. The molecular weight excluding hydrogens is 328 g/mol. The number of piperazine rings is 1. The summed E-state index contributed by atoms with van der Waals surface area (Å²) in [5.74, 6) is 0.340. The molecule has 0 aromatic heterocycles. The summed E-state index contributed by atoms with van der Waals surface area (Å²) < 4.78 is 0. The third kappa shape index (κ3) is 3.35. The van der Waals surface area contributed by atoms with Crippen LogP contribution >= 0.6 is 0 Å². The molecule has 2 N–H and O–H groups in total. The number of amides is 2. The largest absolute Gasteiger partial charge is 0.353 e. The number of hydrogen-bond donors (Lipinski definition) is 2. The van der Waals surface area contributed by atoms with Gasteiger partial charge >= 0.3 is 0 Å². The maximum atomic E-state index is 13.1. The summed E-state index contributed by atoms with van der Waals surface area (Å²) in [6.45, 7) is 4.64. The van der Waals surface area contributed by atoms with Gasteiger partial charge in [-0.15, -0.1) is 0 Å². The number of benzene rings is 1. The summed E-state index contributed by atoms with van der Waals surface area (Å²) in [6.07, 6.45) is 3.42. The molecule has 0 bridgehead atoms. The summed E-state index contributed by atoms with van der Waals surface area (Å²) in [6, 6.07) is 10.4. The number of nitrogens with one attached hydrogen (secondary N) is 2. The Morgan fingerprint density at radius 1 is 1.12 bits per heavy atom. The van der Waals surface area contributed by atoms with Crippen LogP contribution in [0.15, 0.2) is 30.3 Å². The first-order valence-electron chi connectivity index (χ1n) is 9.78. The Labute approximate surface area is 154 Å². The highest BCUT2D eigenvalue weighted by Crippen LogP contribution is 2.27. The highest BCUT2D eigenvalue weighted by atomic mass is 16.2. The fraction of sp³-hybridized carbons (Fsp3) is 0.600. The molecule has 0 aliphatic carbocycles. The molecule has 1 aromatic carbocycles. The minimum Gasteiger partial charge on any atom is -0.353 e. The van der Waals surface area contributed by atoms with Crippen LogP contribution in [0.3, 0.4) is 0 Å². The van der Waals surface area contributed by atoms with Crippen molar-refractivity contribution in [3.63, 3.8) is 0 Å². The first-order chi connectivity index (χ1) is 12.7. The van der Waals surface area contributed by atoms with Crippen LogP contribution in [0.2, 0.25) is 0 Å². The molecule has 1 atom stereocenters. The Morgan fingerprint density at radius 2 is 1.88 bits per heavy atom. The lowest BCUT2D eigenvalue weighted by atomic mass is 9.85. The van der Waals surface area contributed by atoms with E-state index in [-0.39, 0.29) is 17.9 Å². The molecule has 0 saturated carbocycles. The highest BCUT2D eigenvalue weighted by Gasteiger charge is 2.44. The number of carbonyl (C=O) groups is 2. The van der Waals surface area contributed by atoms with Crippen molar-refractivity contribution in [2.75, 3.05) is 32.7 Å². The average Bonchev–Trinajstić information content (AvgIpc) is 3.13. The van der Waals surface area contributed by atoms with Gasteiger partial charge in [0.2, 0.25) is 11.8 Å². The van der Waals surface area contributed by atoms with Crippen molar-refractivity contribution in [3.05, 3.63) is 35.9 Å². The highest BCUT2D eigenvalue weighted by molar-refractivity contribution is 5.88. The predicted octanol–water partition coefficient (Wildman–Crippen LogP) is 0.732. The van der Waals surface area contributed by atoms with Crippen LogP contribution in [-0.4, -0.2) is 65.9 Å². The van der Waals surface area contributed by atoms with Gasteiger partial charge in [0.05, 0.1) is 6.04 Å². The second kappa shape index (κ2) is 7.37. The summed E-state index contributed by atoms with van der Waals surface area (Å²) in [4.78, 5) is 29.7. The molecule has 26 heavy (non-hydrogen) atoms. The van der Waals surface area contributed by atoms with Gasteiger partial charge in [-0.1, -0.05) is 30.3 Å². The molecule has 3 heterocycles. The number of carbonyl (C=O) groups excluding carboxylic acids is 2. The van der Waals surface area contributed by atoms with Gasteiger partial charge < -0.3 is 15.5 Å². The standard InChI is InChI=1S/C20H28N4O2/c25-18(17-7-4-12-24(17)15-16-5-2-1-3-6-16)23-13-8-20(9-14-23)19(26)21-10-11-22-20/h1-3,5-6,17,22H,4,7-15H2,(H,21,26). The van der Waals surface area contributed by atoms with E-state index in [0.29, 0.717) is 32.5 Å². The monoisotopic (exact) mass is 356 g/mol. The molecule has 3 saturated heterocycles. The van der Waals surface area contributed by atoms with Crippen LogP contribution in [0.4, 0.5) is 0 Å². The van der Waals surface area contributed by atoms with E-state index >= 15 is 0 Å².